The average molecular weight is 483 g/mol. The summed E-state index contributed by atoms with van der Waals surface area (Å²) in [5, 5.41) is 0.989. The highest BCUT2D eigenvalue weighted by Crippen LogP contribution is 2.29. The van der Waals surface area contributed by atoms with E-state index in [4.69, 9.17) is 27.9 Å². The quantitative estimate of drug-likeness (QED) is 0.464. The van der Waals surface area contributed by atoms with Gasteiger partial charge in [-0.2, -0.15) is 0 Å². The van der Waals surface area contributed by atoms with Crippen LogP contribution in [0.25, 0.3) is 0 Å². The summed E-state index contributed by atoms with van der Waals surface area (Å²) in [6.45, 7) is 0.142. The first-order valence-electron chi connectivity index (χ1n) is 10.2. The SMILES string of the molecule is COc1ccc(CN(C(=O)c2ccc(Cl)cc2)[C@H]2CC(=O)N(c3ccc(Cl)cc3)C2=O)cc1. The Morgan fingerprint density at radius 1 is 0.939 bits per heavy atom. The molecule has 4 rings (SSSR count). The Labute approximate surface area is 201 Å². The minimum Gasteiger partial charge on any atom is -0.497 e. The number of amides is 3. The summed E-state index contributed by atoms with van der Waals surface area (Å²) < 4.78 is 5.20. The highest BCUT2D eigenvalue weighted by atomic mass is 35.5. The van der Waals surface area contributed by atoms with Crippen LogP contribution in [0, 0.1) is 0 Å². The minimum atomic E-state index is -0.946. The first-order valence-corrected chi connectivity index (χ1v) is 10.9. The first-order chi connectivity index (χ1) is 15.9. The number of halogens is 2. The molecule has 1 aliphatic rings. The van der Waals surface area contributed by atoms with Gasteiger partial charge < -0.3 is 9.64 Å². The molecule has 0 spiro atoms. The van der Waals surface area contributed by atoms with Crippen LogP contribution in [0.4, 0.5) is 5.69 Å². The molecule has 0 unspecified atom stereocenters. The lowest BCUT2D eigenvalue weighted by molar-refractivity contribution is -0.122. The van der Waals surface area contributed by atoms with Gasteiger partial charge in [0.05, 0.1) is 19.2 Å². The second kappa shape index (κ2) is 9.65. The minimum absolute atomic E-state index is 0.114. The molecule has 1 saturated heterocycles. The summed E-state index contributed by atoms with van der Waals surface area (Å²) in [4.78, 5) is 42.2. The zero-order chi connectivity index (χ0) is 23.5. The fourth-order valence-electron chi connectivity index (χ4n) is 3.73. The van der Waals surface area contributed by atoms with Gasteiger partial charge in [-0.25, -0.2) is 4.90 Å². The number of hydrogen-bond donors (Lipinski definition) is 0. The maximum Gasteiger partial charge on any atom is 0.257 e. The average Bonchev–Trinajstić information content (AvgIpc) is 3.12. The number of imide groups is 1. The van der Waals surface area contributed by atoms with E-state index in [1.807, 2.05) is 12.1 Å². The summed E-state index contributed by atoms with van der Waals surface area (Å²) in [6, 6.07) is 19.1. The third-order valence-corrected chi connectivity index (χ3v) is 5.95. The van der Waals surface area contributed by atoms with Gasteiger partial charge >= 0.3 is 0 Å². The monoisotopic (exact) mass is 482 g/mol. The Hall–Kier alpha value is -3.35. The van der Waals surface area contributed by atoms with Crippen molar-refractivity contribution in [3.05, 3.63) is 94.0 Å². The third-order valence-electron chi connectivity index (χ3n) is 5.45. The fraction of sp³-hybridized carbons (Fsp3) is 0.160. The fourth-order valence-corrected chi connectivity index (χ4v) is 3.98. The van der Waals surface area contributed by atoms with Gasteiger partial charge in [0, 0.05) is 22.2 Å². The van der Waals surface area contributed by atoms with Crippen LogP contribution in [0.3, 0.4) is 0 Å². The van der Waals surface area contributed by atoms with Crippen LogP contribution in [0.1, 0.15) is 22.3 Å². The van der Waals surface area contributed by atoms with E-state index < -0.39 is 11.9 Å². The van der Waals surface area contributed by atoms with E-state index in [9.17, 15) is 14.4 Å². The van der Waals surface area contributed by atoms with Crippen LogP contribution in [0.5, 0.6) is 5.75 Å². The predicted molar refractivity (Wildman–Crippen MR) is 127 cm³/mol. The van der Waals surface area contributed by atoms with Gasteiger partial charge in [0.15, 0.2) is 0 Å². The van der Waals surface area contributed by atoms with E-state index in [0.717, 1.165) is 10.5 Å². The van der Waals surface area contributed by atoms with Crippen molar-refractivity contribution in [2.45, 2.75) is 19.0 Å². The molecular weight excluding hydrogens is 463 g/mol. The molecule has 3 aromatic rings. The molecule has 1 aliphatic heterocycles. The van der Waals surface area contributed by atoms with Crippen molar-refractivity contribution in [3.8, 4) is 5.75 Å². The topological polar surface area (TPSA) is 66.9 Å². The van der Waals surface area contributed by atoms with Crippen molar-refractivity contribution in [2.75, 3.05) is 12.0 Å². The summed E-state index contributed by atoms with van der Waals surface area (Å²) in [6.07, 6.45) is -0.114. The first kappa shape index (κ1) is 22.8. The molecule has 0 aromatic heterocycles. The molecule has 0 radical (unpaired) electrons. The van der Waals surface area contributed by atoms with E-state index in [0.29, 0.717) is 27.0 Å². The number of anilines is 1. The van der Waals surface area contributed by atoms with Gasteiger partial charge in [-0.3, -0.25) is 14.4 Å². The summed E-state index contributed by atoms with van der Waals surface area (Å²) in [5.74, 6) is -0.531. The zero-order valence-electron chi connectivity index (χ0n) is 17.7. The molecule has 0 bridgehead atoms. The van der Waals surface area contributed by atoms with Crippen molar-refractivity contribution in [2.24, 2.45) is 0 Å². The number of ether oxygens (including phenoxy) is 1. The number of rotatable bonds is 6. The Morgan fingerprint density at radius 3 is 2.09 bits per heavy atom. The summed E-state index contributed by atoms with van der Waals surface area (Å²) in [7, 11) is 1.57. The second-order valence-electron chi connectivity index (χ2n) is 7.55. The highest BCUT2D eigenvalue weighted by molar-refractivity contribution is 6.31. The molecule has 1 heterocycles. The largest absolute Gasteiger partial charge is 0.497 e. The summed E-state index contributed by atoms with van der Waals surface area (Å²) >= 11 is 11.9. The molecule has 6 nitrogen and oxygen atoms in total. The molecule has 0 N–H and O–H groups in total. The number of nitrogens with zero attached hydrogens (tertiary/aromatic N) is 2. The molecule has 3 amide bonds. The normalized spacial score (nSPS) is 15.6. The zero-order valence-corrected chi connectivity index (χ0v) is 19.2. The van der Waals surface area contributed by atoms with Crippen molar-refractivity contribution < 1.29 is 19.1 Å². The Bertz CT molecular complexity index is 1180. The van der Waals surface area contributed by atoms with Gasteiger partial charge in [0.25, 0.3) is 11.8 Å². The van der Waals surface area contributed by atoms with Gasteiger partial charge in [-0.05, 0) is 66.2 Å². The lowest BCUT2D eigenvalue weighted by Crippen LogP contribution is -2.45. The van der Waals surface area contributed by atoms with E-state index in [-0.39, 0.29) is 24.8 Å². The van der Waals surface area contributed by atoms with Crippen LogP contribution in [0.15, 0.2) is 72.8 Å². The van der Waals surface area contributed by atoms with Crippen LogP contribution in [0.2, 0.25) is 10.0 Å². The van der Waals surface area contributed by atoms with Crippen LogP contribution >= 0.6 is 23.2 Å². The molecule has 1 fully saturated rings. The summed E-state index contributed by atoms with van der Waals surface area (Å²) in [5.41, 5.74) is 1.58. The van der Waals surface area contributed by atoms with Crippen LogP contribution in [-0.4, -0.2) is 35.8 Å². The Kier molecular flexibility index (Phi) is 6.67. The molecule has 1 atom stereocenters. The van der Waals surface area contributed by atoms with Crippen LogP contribution < -0.4 is 9.64 Å². The maximum atomic E-state index is 13.5. The number of carbonyl (C=O) groups excluding carboxylic acids is 3. The number of benzene rings is 3. The third kappa shape index (κ3) is 4.87. The number of methoxy groups -OCH3 is 1. The molecule has 168 valence electrons. The number of carbonyl (C=O) groups is 3. The van der Waals surface area contributed by atoms with Crippen LogP contribution in [-0.2, 0) is 16.1 Å². The van der Waals surface area contributed by atoms with Crippen molar-refractivity contribution in [3.63, 3.8) is 0 Å². The molecule has 8 heteroatoms. The lowest BCUT2D eigenvalue weighted by atomic mass is 10.1. The smallest absolute Gasteiger partial charge is 0.257 e. The second-order valence-corrected chi connectivity index (χ2v) is 8.42. The predicted octanol–water partition coefficient (Wildman–Crippen LogP) is 4.98. The lowest BCUT2D eigenvalue weighted by Gasteiger charge is -2.28. The Morgan fingerprint density at radius 2 is 1.52 bits per heavy atom. The van der Waals surface area contributed by atoms with Crippen molar-refractivity contribution in [1.29, 1.82) is 0 Å². The highest BCUT2D eigenvalue weighted by Gasteiger charge is 2.44. The standard InChI is InChI=1S/C25H20Cl2N2O4/c1-33-21-12-2-16(3-13-21)15-28(24(31)17-4-6-18(26)7-5-17)22-14-23(30)29(25(22)32)20-10-8-19(27)9-11-20/h2-13,22H,14-15H2,1H3/t22-/m0/s1. The van der Waals surface area contributed by atoms with Gasteiger partial charge in [-0.15, -0.1) is 0 Å². The molecule has 0 saturated carbocycles. The molecular formula is C25H20Cl2N2O4. The van der Waals surface area contributed by atoms with Gasteiger partial charge in [0.1, 0.15) is 11.8 Å². The maximum absolute atomic E-state index is 13.5. The molecule has 3 aromatic carbocycles. The van der Waals surface area contributed by atoms with E-state index in [1.54, 1.807) is 67.8 Å². The van der Waals surface area contributed by atoms with Gasteiger partial charge in [-0.1, -0.05) is 35.3 Å². The molecule has 0 aliphatic carbocycles. The van der Waals surface area contributed by atoms with E-state index in [2.05, 4.69) is 0 Å². The number of hydrogen-bond acceptors (Lipinski definition) is 4. The van der Waals surface area contributed by atoms with Crippen molar-refractivity contribution >= 4 is 46.6 Å². The van der Waals surface area contributed by atoms with E-state index >= 15 is 0 Å². The Balaban J connectivity index is 1.67. The molecule has 33 heavy (non-hydrogen) atoms. The van der Waals surface area contributed by atoms with Crippen molar-refractivity contribution in [1.82, 2.24) is 4.90 Å². The van der Waals surface area contributed by atoms with E-state index in [1.165, 1.54) is 4.90 Å². The van der Waals surface area contributed by atoms with Gasteiger partial charge in [0.2, 0.25) is 5.91 Å².